The molecule has 5 rings (SSSR count). The van der Waals surface area contributed by atoms with E-state index >= 15 is 0 Å². The Morgan fingerprint density at radius 1 is 0.806 bits per heavy atom. The minimum atomic E-state index is 0.243. The molecule has 0 fully saturated rings. The summed E-state index contributed by atoms with van der Waals surface area (Å²) in [7, 11) is 0. The predicted octanol–water partition coefficient (Wildman–Crippen LogP) is 5.79. The largest absolute Gasteiger partial charge is 0.457 e. The third-order valence-corrected chi connectivity index (χ3v) is 4.68. The monoisotopic (exact) mass is 412 g/mol. The molecule has 7 nitrogen and oxygen atoms in total. The molecular weight excluding hydrogens is 392 g/mol. The number of hydrogen-bond donors (Lipinski definition) is 2. The number of para-hydroxylation sites is 1. The number of aromatic nitrogens is 2. The van der Waals surface area contributed by atoms with Gasteiger partial charge in [0.2, 0.25) is 12.7 Å². The minimum Gasteiger partial charge on any atom is -0.457 e. The van der Waals surface area contributed by atoms with Crippen LogP contribution in [0.4, 0.5) is 23.1 Å². The number of fused-ring (bicyclic) bond motifs is 1. The molecule has 154 valence electrons. The topological polar surface area (TPSA) is 77.5 Å². The van der Waals surface area contributed by atoms with Crippen molar-refractivity contribution in [2.75, 3.05) is 17.4 Å². The molecule has 0 saturated carbocycles. The van der Waals surface area contributed by atoms with Crippen LogP contribution in [-0.2, 0) is 0 Å². The van der Waals surface area contributed by atoms with Crippen molar-refractivity contribution >= 4 is 23.1 Å². The highest BCUT2D eigenvalue weighted by Gasteiger charge is 2.14. The Morgan fingerprint density at radius 3 is 2.52 bits per heavy atom. The van der Waals surface area contributed by atoms with Gasteiger partial charge < -0.3 is 24.8 Å². The molecule has 0 radical (unpaired) electrons. The third kappa shape index (κ3) is 4.35. The van der Waals surface area contributed by atoms with Crippen LogP contribution < -0.4 is 24.8 Å². The second-order valence-electron chi connectivity index (χ2n) is 6.99. The van der Waals surface area contributed by atoms with Gasteiger partial charge in [-0.05, 0) is 43.3 Å². The summed E-state index contributed by atoms with van der Waals surface area (Å²) in [4.78, 5) is 9.02. The Morgan fingerprint density at radius 2 is 1.61 bits per heavy atom. The summed E-state index contributed by atoms with van der Waals surface area (Å²) in [6, 6.07) is 23.0. The lowest BCUT2D eigenvalue weighted by Gasteiger charge is -2.12. The van der Waals surface area contributed by atoms with E-state index < -0.39 is 0 Å². The Kier molecular flexibility index (Phi) is 4.98. The van der Waals surface area contributed by atoms with E-state index in [2.05, 4.69) is 20.6 Å². The predicted molar refractivity (Wildman–Crippen MR) is 119 cm³/mol. The summed E-state index contributed by atoms with van der Waals surface area (Å²) in [5.41, 5.74) is 2.60. The highest BCUT2D eigenvalue weighted by atomic mass is 16.7. The molecule has 0 bridgehead atoms. The number of ether oxygens (including phenoxy) is 3. The number of anilines is 4. The van der Waals surface area contributed by atoms with Crippen LogP contribution in [0.15, 0.2) is 79.0 Å². The van der Waals surface area contributed by atoms with E-state index in [9.17, 15) is 0 Å². The minimum absolute atomic E-state index is 0.243. The summed E-state index contributed by atoms with van der Waals surface area (Å²) in [6.07, 6.45) is 1.77. The first kappa shape index (κ1) is 18.7. The summed E-state index contributed by atoms with van der Waals surface area (Å²) < 4.78 is 16.7. The summed E-state index contributed by atoms with van der Waals surface area (Å²) in [5, 5.41) is 6.56. The Balaban J connectivity index is 1.33. The normalized spacial score (nSPS) is 11.8. The molecule has 31 heavy (non-hydrogen) atoms. The van der Waals surface area contributed by atoms with Crippen molar-refractivity contribution in [1.82, 2.24) is 9.97 Å². The summed E-state index contributed by atoms with van der Waals surface area (Å²) >= 11 is 0. The first-order valence-corrected chi connectivity index (χ1v) is 9.83. The van der Waals surface area contributed by atoms with E-state index in [1.54, 1.807) is 6.20 Å². The maximum absolute atomic E-state index is 5.90. The molecule has 2 N–H and O–H groups in total. The van der Waals surface area contributed by atoms with E-state index in [-0.39, 0.29) is 6.79 Å². The van der Waals surface area contributed by atoms with Gasteiger partial charge in [0.15, 0.2) is 11.5 Å². The Hall–Kier alpha value is -4.26. The van der Waals surface area contributed by atoms with Crippen LogP contribution in [0.25, 0.3) is 0 Å². The van der Waals surface area contributed by atoms with E-state index in [4.69, 9.17) is 14.2 Å². The van der Waals surface area contributed by atoms with Crippen molar-refractivity contribution in [2.24, 2.45) is 0 Å². The number of rotatable bonds is 6. The summed E-state index contributed by atoms with van der Waals surface area (Å²) in [6.45, 7) is 2.19. The molecule has 0 aliphatic carbocycles. The fourth-order valence-electron chi connectivity index (χ4n) is 3.13. The maximum atomic E-state index is 5.90. The first-order chi connectivity index (χ1) is 15.2. The van der Waals surface area contributed by atoms with Gasteiger partial charge in [-0.2, -0.15) is 4.98 Å². The van der Waals surface area contributed by atoms with E-state index in [1.807, 2.05) is 79.7 Å². The van der Waals surface area contributed by atoms with Crippen LogP contribution in [0.2, 0.25) is 0 Å². The molecule has 0 unspecified atom stereocenters. The van der Waals surface area contributed by atoms with Crippen LogP contribution in [0.3, 0.4) is 0 Å². The van der Waals surface area contributed by atoms with Gasteiger partial charge >= 0.3 is 0 Å². The second-order valence-corrected chi connectivity index (χ2v) is 6.99. The maximum Gasteiger partial charge on any atom is 0.231 e. The second kappa shape index (κ2) is 8.23. The van der Waals surface area contributed by atoms with Gasteiger partial charge in [-0.25, -0.2) is 4.98 Å². The fraction of sp³-hybridized carbons (Fsp3) is 0.0833. The number of benzene rings is 3. The van der Waals surface area contributed by atoms with Crippen molar-refractivity contribution in [3.05, 3.63) is 84.6 Å². The molecule has 1 aliphatic heterocycles. The fourth-order valence-corrected chi connectivity index (χ4v) is 3.13. The van der Waals surface area contributed by atoms with E-state index in [0.29, 0.717) is 17.5 Å². The third-order valence-electron chi connectivity index (χ3n) is 4.68. The first-order valence-electron chi connectivity index (χ1n) is 9.83. The van der Waals surface area contributed by atoms with Crippen LogP contribution in [0.1, 0.15) is 5.56 Å². The van der Waals surface area contributed by atoms with Crippen LogP contribution in [0.5, 0.6) is 23.0 Å². The standard InChI is InChI=1S/C24H20N4O3/c1-16-14-25-24(28-23(16)26-18-10-11-21-22(13-18)30-15-29-21)27-17-6-5-9-20(12-17)31-19-7-3-2-4-8-19/h2-14H,15H2,1H3,(H2,25,26,27,28). The van der Waals surface area contributed by atoms with Gasteiger partial charge in [0.05, 0.1) is 0 Å². The zero-order valence-electron chi connectivity index (χ0n) is 16.8. The van der Waals surface area contributed by atoms with Crippen LogP contribution in [0, 0.1) is 6.92 Å². The highest BCUT2D eigenvalue weighted by Crippen LogP contribution is 2.35. The van der Waals surface area contributed by atoms with Crippen molar-refractivity contribution in [1.29, 1.82) is 0 Å². The van der Waals surface area contributed by atoms with Crippen LogP contribution in [-0.4, -0.2) is 16.8 Å². The number of hydrogen-bond acceptors (Lipinski definition) is 7. The molecule has 7 heteroatoms. The molecule has 4 aromatic rings. The molecule has 0 atom stereocenters. The van der Waals surface area contributed by atoms with Gasteiger partial charge in [0, 0.05) is 35.3 Å². The number of nitrogens with one attached hydrogen (secondary N) is 2. The van der Waals surface area contributed by atoms with Gasteiger partial charge in [-0.15, -0.1) is 0 Å². The quantitative estimate of drug-likeness (QED) is 0.415. The van der Waals surface area contributed by atoms with Crippen molar-refractivity contribution in [3.8, 4) is 23.0 Å². The molecule has 1 aromatic heterocycles. The molecule has 0 spiro atoms. The van der Waals surface area contributed by atoms with Gasteiger partial charge in [0.25, 0.3) is 0 Å². The highest BCUT2D eigenvalue weighted by molar-refractivity contribution is 5.65. The lowest BCUT2D eigenvalue weighted by molar-refractivity contribution is 0.174. The molecule has 0 saturated heterocycles. The lowest BCUT2D eigenvalue weighted by Crippen LogP contribution is -2.03. The van der Waals surface area contributed by atoms with Crippen molar-refractivity contribution in [2.45, 2.75) is 6.92 Å². The molecule has 3 aromatic carbocycles. The summed E-state index contributed by atoms with van der Waals surface area (Å²) in [5.74, 6) is 4.14. The number of nitrogens with zero attached hydrogens (tertiary/aromatic N) is 2. The van der Waals surface area contributed by atoms with Gasteiger partial charge in [0.1, 0.15) is 17.3 Å². The van der Waals surface area contributed by atoms with Crippen molar-refractivity contribution < 1.29 is 14.2 Å². The molecule has 1 aliphatic rings. The SMILES string of the molecule is Cc1cnc(Nc2cccc(Oc3ccccc3)c2)nc1Nc1ccc2c(c1)OCO2. The zero-order chi connectivity index (χ0) is 21.0. The Labute approximate surface area is 179 Å². The molecular formula is C24H20N4O3. The average Bonchev–Trinajstić information content (AvgIpc) is 3.25. The van der Waals surface area contributed by atoms with Crippen molar-refractivity contribution in [3.63, 3.8) is 0 Å². The van der Waals surface area contributed by atoms with E-state index in [0.717, 1.165) is 34.2 Å². The Bertz CT molecular complexity index is 1210. The number of aryl methyl sites for hydroxylation is 1. The zero-order valence-corrected chi connectivity index (χ0v) is 16.8. The lowest BCUT2D eigenvalue weighted by atomic mass is 10.2. The molecule has 0 amide bonds. The van der Waals surface area contributed by atoms with Gasteiger partial charge in [-0.1, -0.05) is 24.3 Å². The van der Waals surface area contributed by atoms with Gasteiger partial charge in [-0.3, -0.25) is 0 Å². The van der Waals surface area contributed by atoms with Crippen LogP contribution >= 0.6 is 0 Å². The van der Waals surface area contributed by atoms with E-state index in [1.165, 1.54) is 0 Å². The average molecular weight is 412 g/mol. The molecule has 2 heterocycles. The smallest absolute Gasteiger partial charge is 0.231 e.